The van der Waals surface area contributed by atoms with Gasteiger partial charge in [-0.3, -0.25) is 10.6 Å². The van der Waals surface area contributed by atoms with Crippen molar-refractivity contribution in [3.8, 4) is 17.6 Å². The molecule has 3 aromatic rings. The number of nitrogens with one attached hydrogen (secondary N) is 2. The molecule has 3 aromatic carbocycles. The molecule has 0 aromatic heterocycles. The van der Waals surface area contributed by atoms with Crippen molar-refractivity contribution >= 4 is 35.3 Å². The van der Waals surface area contributed by atoms with E-state index in [2.05, 4.69) is 15.6 Å². The lowest BCUT2D eigenvalue weighted by molar-refractivity contribution is 0.213. The SMILES string of the molecule is N#Cc1cccc(NC(=O)Oc2ccc(OC(=O)Nc3cccc(N=C=O)c3)cc2)c1. The molecule has 0 radical (unpaired) electrons. The van der Waals surface area contributed by atoms with Crippen molar-refractivity contribution in [2.24, 2.45) is 4.99 Å². The van der Waals surface area contributed by atoms with Crippen molar-refractivity contribution in [1.29, 1.82) is 5.26 Å². The summed E-state index contributed by atoms with van der Waals surface area (Å²) < 4.78 is 10.3. The molecule has 152 valence electrons. The Kier molecular flexibility index (Phi) is 6.72. The van der Waals surface area contributed by atoms with Crippen LogP contribution in [0.15, 0.2) is 77.8 Å². The number of amides is 2. The number of ether oxygens (including phenoxy) is 2. The highest BCUT2D eigenvalue weighted by atomic mass is 16.6. The van der Waals surface area contributed by atoms with Crippen LogP contribution in [-0.2, 0) is 4.79 Å². The number of carbonyl (C=O) groups excluding carboxylic acids is 3. The summed E-state index contributed by atoms with van der Waals surface area (Å²) in [6.45, 7) is 0. The van der Waals surface area contributed by atoms with E-state index in [-0.39, 0.29) is 11.5 Å². The highest BCUT2D eigenvalue weighted by Crippen LogP contribution is 2.21. The molecule has 0 aliphatic heterocycles. The van der Waals surface area contributed by atoms with Gasteiger partial charge in [0.15, 0.2) is 0 Å². The Balaban J connectivity index is 1.54. The van der Waals surface area contributed by atoms with Crippen LogP contribution >= 0.6 is 0 Å². The molecule has 0 unspecified atom stereocenters. The van der Waals surface area contributed by atoms with Crippen LogP contribution in [0.5, 0.6) is 11.5 Å². The zero-order valence-electron chi connectivity index (χ0n) is 15.9. The van der Waals surface area contributed by atoms with E-state index >= 15 is 0 Å². The van der Waals surface area contributed by atoms with E-state index in [1.54, 1.807) is 36.4 Å². The highest BCUT2D eigenvalue weighted by molar-refractivity contribution is 5.87. The standard InChI is InChI=1S/C22H14N4O5/c23-13-15-3-1-5-17(11-15)25-21(28)30-19-7-9-20(10-8-19)31-22(29)26-18-6-2-4-16(12-18)24-14-27/h1-12H,(H,25,28)(H,26,29). The summed E-state index contributed by atoms with van der Waals surface area (Å²) in [5.74, 6) is 0.440. The Morgan fingerprint density at radius 1 is 0.806 bits per heavy atom. The fourth-order valence-electron chi connectivity index (χ4n) is 2.45. The van der Waals surface area contributed by atoms with Gasteiger partial charge < -0.3 is 9.47 Å². The van der Waals surface area contributed by atoms with Gasteiger partial charge >= 0.3 is 12.2 Å². The van der Waals surface area contributed by atoms with Gasteiger partial charge in [0.25, 0.3) is 0 Å². The van der Waals surface area contributed by atoms with Gasteiger partial charge in [-0.2, -0.15) is 10.3 Å². The second-order valence-corrected chi connectivity index (χ2v) is 5.95. The average molecular weight is 414 g/mol. The smallest absolute Gasteiger partial charge is 0.410 e. The van der Waals surface area contributed by atoms with Crippen LogP contribution in [0.4, 0.5) is 26.7 Å². The Morgan fingerprint density at radius 3 is 1.90 bits per heavy atom. The normalized spacial score (nSPS) is 9.52. The topological polar surface area (TPSA) is 130 Å². The van der Waals surface area contributed by atoms with Crippen molar-refractivity contribution in [2.45, 2.75) is 0 Å². The highest BCUT2D eigenvalue weighted by Gasteiger charge is 2.09. The first-order valence-corrected chi connectivity index (χ1v) is 8.81. The number of anilines is 2. The van der Waals surface area contributed by atoms with E-state index in [1.807, 2.05) is 6.07 Å². The van der Waals surface area contributed by atoms with Gasteiger partial charge in [-0.25, -0.2) is 14.4 Å². The molecule has 2 amide bonds. The van der Waals surface area contributed by atoms with E-state index < -0.39 is 12.2 Å². The third-order valence-electron chi connectivity index (χ3n) is 3.75. The molecule has 2 N–H and O–H groups in total. The Labute approximate surface area is 176 Å². The minimum atomic E-state index is -0.754. The fraction of sp³-hybridized carbons (Fsp3) is 0. The first-order chi connectivity index (χ1) is 15.1. The van der Waals surface area contributed by atoms with Gasteiger partial charge in [-0.05, 0) is 60.7 Å². The number of carbonyl (C=O) groups is 2. The lowest BCUT2D eigenvalue weighted by Gasteiger charge is -2.09. The molecule has 9 heteroatoms. The maximum absolute atomic E-state index is 12.0. The Morgan fingerprint density at radius 2 is 1.35 bits per heavy atom. The van der Waals surface area contributed by atoms with E-state index in [1.165, 1.54) is 42.5 Å². The van der Waals surface area contributed by atoms with E-state index in [9.17, 15) is 14.4 Å². The summed E-state index contributed by atoms with van der Waals surface area (Å²) in [6, 6.07) is 20.4. The molecule has 0 aliphatic carbocycles. The lowest BCUT2D eigenvalue weighted by Crippen LogP contribution is -2.17. The van der Waals surface area contributed by atoms with Crippen LogP contribution in [0.3, 0.4) is 0 Å². The number of hydrogen-bond acceptors (Lipinski definition) is 7. The van der Waals surface area contributed by atoms with Crippen molar-refractivity contribution in [2.75, 3.05) is 10.6 Å². The number of rotatable bonds is 5. The third kappa shape index (κ3) is 6.29. The Bertz CT molecular complexity index is 1200. The number of aliphatic imine (C=N–C) groups is 1. The molecule has 3 rings (SSSR count). The quantitative estimate of drug-likeness (QED) is 0.458. The van der Waals surface area contributed by atoms with E-state index in [0.29, 0.717) is 22.6 Å². The molecule has 31 heavy (non-hydrogen) atoms. The number of benzene rings is 3. The van der Waals surface area contributed by atoms with Gasteiger partial charge in [-0.15, -0.1) is 0 Å². The molecule has 0 aliphatic rings. The summed E-state index contributed by atoms with van der Waals surface area (Å²) in [5, 5.41) is 13.9. The van der Waals surface area contributed by atoms with E-state index in [4.69, 9.17) is 14.7 Å². The fourth-order valence-corrected chi connectivity index (χ4v) is 2.45. The summed E-state index contributed by atoms with van der Waals surface area (Å²) >= 11 is 0. The van der Waals surface area contributed by atoms with Crippen LogP contribution in [0.25, 0.3) is 0 Å². The first kappa shape index (κ1) is 20.8. The Hall–Kier alpha value is -4.93. The van der Waals surface area contributed by atoms with Crippen molar-refractivity contribution < 1.29 is 23.9 Å². The maximum atomic E-state index is 12.0. The first-order valence-electron chi connectivity index (χ1n) is 8.81. The molecule has 9 nitrogen and oxygen atoms in total. The average Bonchev–Trinajstić information content (AvgIpc) is 2.75. The second kappa shape index (κ2) is 10.0. The van der Waals surface area contributed by atoms with Crippen molar-refractivity contribution in [1.82, 2.24) is 0 Å². The van der Waals surface area contributed by atoms with Crippen LogP contribution in [0, 0.1) is 11.3 Å². The van der Waals surface area contributed by atoms with Crippen molar-refractivity contribution in [3.05, 3.63) is 78.4 Å². The van der Waals surface area contributed by atoms with E-state index in [0.717, 1.165) is 0 Å². The van der Waals surface area contributed by atoms with Crippen LogP contribution < -0.4 is 20.1 Å². The molecule has 0 bridgehead atoms. The van der Waals surface area contributed by atoms with Gasteiger partial charge in [0.2, 0.25) is 6.08 Å². The predicted octanol–water partition coefficient (Wildman–Crippen LogP) is 4.75. The van der Waals surface area contributed by atoms with Crippen LogP contribution in [0.2, 0.25) is 0 Å². The summed E-state index contributed by atoms with van der Waals surface area (Å²) in [5.41, 5.74) is 1.55. The van der Waals surface area contributed by atoms with Gasteiger partial charge in [-0.1, -0.05) is 12.1 Å². The predicted molar refractivity (Wildman–Crippen MR) is 111 cm³/mol. The third-order valence-corrected chi connectivity index (χ3v) is 3.75. The van der Waals surface area contributed by atoms with Gasteiger partial charge in [0, 0.05) is 11.4 Å². The number of hydrogen-bond donors (Lipinski definition) is 2. The largest absolute Gasteiger partial charge is 0.417 e. The molecule has 0 heterocycles. The molecule has 0 atom stereocenters. The van der Waals surface area contributed by atoms with Gasteiger partial charge in [0.1, 0.15) is 11.5 Å². The lowest BCUT2D eigenvalue weighted by atomic mass is 10.2. The molecule has 0 fully saturated rings. The van der Waals surface area contributed by atoms with Crippen molar-refractivity contribution in [3.63, 3.8) is 0 Å². The zero-order chi connectivity index (χ0) is 22.1. The van der Waals surface area contributed by atoms with Gasteiger partial charge in [0.05, 0.1) is 17.3 Å². The summed E-state index contributed by atoms with van der Waals surface area (Å²) in [6.07, 6.45) is -0.0709. The minimum absolute atomic E-state index is 0.217. The molecular formula is C22H14N4O5. The number of nitrogens with zero attached hydrogens (tertiary/aromatic N) is 2. The second-order valence-electron chi connectivity index (χ2n) is 5.95. The summed E-state index contributed by atoms with van der Waals surface area (Å²) in [7, 11) is 0. The monoisotopic (exact) mass is 414 g/mol. The minimum Gasteiger partial charge on any atom is -0.410 e. The molecule has 0 spiro atoms. The molecule has 0 saturated carbocycles. The summed E-state index contributed by atoms with van der Waals surface area (Å²) in [4.78, 5) is 37.8. The number of nitriles is 1. The maximum Gasteiger partial charge on any atom is 0.417 e. The van der Waals surface area contributed by atoms with Crippen LogP contribution in [-0.4, -0.2) is 18.3 Å². The molecular weight excluding hydrogens is 400 g/mol. The zero-order valence-corrected chi connectivity index (χ0v) is 15.9. The van der Waals surface area contributed by atoms with Crippen LogP contribution in [0.1, 0.15) is 5.56 Å². The number of isocyanates is 1. The molecule has 0 saturated heterocycles.